The number of aromatic nitrogens is 1. The minimum Gasteiger partial charge on any atom is -0.462 e. The predicted octanol–water partition coefficient (Wildman–Crippen LogP) is 5.12. The van der Waals surface area contributed by atoms with Crippen molar-refractivity contribution in [2.24, 2.45) is 0 Å². The number of aryl methyl sites for hydroxylation is 1. The number of hydrogen-bond donors (Lipinski definition) is 1. The lowest BCUT2D eigenvalue weighted by Crippen LogP contribution is -2.09. The molecule has 3 rings (SSSR count). The molecule has 1 aromatic heterocycles. The van der Waals surface area contributed by atoms with E-state index in [-0.39, 0.29) is 0 Å². The molecule has 4 nitrogen and oxygen atoms in total. The number of pyridine rings is 1. The lowest BCUT2D eigenvalue weighted by atomic mass is 10.1. The van der Waals surface area contributed by atoms with Crippen molar-refractivity contribution >= 4 is 39.8 Å². The Labute approximate surface area is 145 Å². The Balaban J connectivity index is 2.16. The van der Waals surface area contributed by atoms with Crippen LogP contribution in [-0.4, -0.2) is 17.6 Å². The first-order chi connectivity index (χ1) is 11.6. The third-order valence-electron chi connectivity index (χ3n) is 3.65. The van der Waals surface area contributed by atoms with Crippen LogP contribution in [-0.2, 0) is 4.74 Å². The average molecular weight is 341 g/mol. The van der Waals surface area contributed by atoms with Crippen molar-refractivity contribution in [1.29, 1.82) is 0 Å². The molecule has 0 unspecified atom stereocenters. The molecule has 0 fully saturated rings. The summed E-state index contributed by atoms with van der Waals surface area (Å²) in [6, 6.07) is 13.3. The van der Waals surface area contributed by atoms with Crippen molar-refractivity contribution in [3.05, 3.63) is 64.8 Å². The van der Waals surface area contributed by atoms with Crippen LogP contribution in [0.1, 0.15) is 22.8 Å². The number of esters is 1. The van der Waals surface area contributed by atoms with Gasteiger partial charge in [-0.25, -0.2) is 4.79 Å². The van der Waals surface area contributed by atoms with Gasteiger partial charge in [0, 0.05) is 22.3 Å². The summed E-state index contributed by atoms with van der Waals surface area (Å²) in [6.07, 6.45) is 1.53. The van der Waals surface area contributed by atoms with E-state index in [2.05, 4.69) is 10.3 Å². The van der Waals surface area contributed by atoms with Crippen molar-refractivity contribution < 1.29 is 9.53 Å². The van der Waals surface area contributed by atoms with E-state index in [1.54, 1.807) is 19.1 Å². The van der Waals surface area contributed by atoms with Gasteiger partial charge in [-0.15, -0.1) is 0 Å². The van der Waals surface area contributed by atoms with E-state index < -0.39 is 5.97 Å². The maximum absolute atomic E-state index is 12.3. The fraction of sp³-hybridized carbons (Fsp3) is 0.158. The van der Waals surface area contributed by atoms with Gasteiger partial charge in [0.15, 0.2) is 0 Å². The number of ether oxygens (including phenoxy) is 1. The third-order valence-corrected chi connectivity index (χ3v) is 3.88. The molecular weight excluding hydrogens is 324 g/mol. The van der Waals surface area contributed by atoms with E-state index in [4.69, 9.17) is 16.3 Å². The number of halogens is 1. The first-order valence-electron chi connectivity index (χ1n) is 7.67. The number of rotatable bonds is 4. The summed E-state index contributed by atoms with van der Waals surface area (Å²) in [7, 11) is 0. The van der Waals surface area contributed by atoms with Crippen LogP contribution in [0.25, 0.3) is 10.9 Å². The molecule has 0 saturated carbocycles. The monoisotopic (exact) mass is 340 g/mol. The van der Waals surface area contributed by atoms with Crippen LogP contribution in [0.4, 0.5) is 11.4 Å². The summed E-state index contributed by atoms with van der Waals surface area (Å²) < 4.78 is 5.15. The number of hydrogen-bond acceptors (Lipinski definition) is 4. The minimum atomic E-state index is -0.415. The largest absolute Gasteiger partial charge is 0.462 e. The number of benzene rings is 2. The fourth-order valence-electron chi connectivity index (χ4n) is 2.44. The average Bonchev–Trinajstić information content (AvgIpc) is 2.57. The van der Waals surface area contributed by atoms with Crippen LogP contribution >= 0.6 is 11.6 Å². The third kappa shape index (κ3) is 3.34. The Morgan fingerprint density at radius 3 is 2.67 bits per heavy atom. The summed E-state index contributed by atoms with van der Waals surface area (Å²) >= 11 is 6.14. The Hall–Kier alpha value is -2.59. The molecule has 0 aliphatic carbocycles. The smallest absolute Gasteiger partial charge is 0.341 e. The second kappa shape index (κ2) is 6.89. The van der Waals surface area contributed by atoms with Gasteiger partial charge < -0.3 is 10.1 Å². The number of fused-ring (bicyclic) bond motifs is 1. The molecule has 0 aliphatic heterocycles. The summed E-state index contributed by atoms with van der Waals surface area (Å²) in [5, 5.41) is 4.66. The van der Waals surface area contributed by atoms with Gasteiger partial charge in [0.2, 0.25) is 0 Å². The highest BCUT2D eigenvalue weighted by Gasteiger charge is 2.17. The molecule has 2 aromatic carbocycles. The summed E-state index contributed by atoms with van der Waals surface area (Å²) in [4.78, 5) is 16.6. The second-order valence-electron chi connectivity index (χ2n) is 5.42. The molecule has 0 aliphatic rings. The molecule has 0 radical (unpaired) electrons. The van der Waals surface area contributed by atoms with Gasteiger partial charge in [-0.1, -0.05) is 29.3 Å². The van der Waals surface area contributed by atoms with Gasteiger partial charge >= 0.3 is 5.97 Å². The molecule has 0 atom stereocenters. The van der Waals surface area contributed by atoms with Gasteiger partial charge in [0.05, 0.1) is 17.8 Å². The van der Waals surface area contributed by atoms with Gasteiger partial charge in [0.25, 0.3) is 0 Å². The van der Waals surface area contributed by atoms with E-state index in [1.165, 1.54) is 6.20 Å². The van der Waals surface area contributed by atoms with Crippen LogP contribution in [0.15, 0.2) is 48.7 Å². The van der Waals surface area contributed by atoms with Crippen molar-refractivity contribution in [1.82, 2.24) is 4.98 Å². The maximum Gasteiger partial charge on any atom is 0.341 e. The highest BCUT2D eigenvalue weighted by Crippen LogP contribution is 2.31. The van der Waals surface area contributed by atoms with Crippen LogP contribution in [0.5, 0.6) is 0 Å². The zero-order valence-corrected chi connectivity index (χ0v) is 14.2. The number of anilines is 2. The highest BCUT2D eigenvalue weighted by atomic mass is 35.5. The first kappa shape index (κ1) is 16.3. The number of carbonyl (C=O) groups excluding carboxylic acids is 1. The standard InChI is InChI=1S/C19H17ClN2O2/c1-3-24-19(23)16-11-21-17-9-6-13(20)10-15(17)18(16)22-14-7-4-12(2)5-8-14/h4-11H,3H2,1-2H3,(H,21,22). The van der Waals surface area contributed by atoms with Gasteiger partial charge in [-0.3, -0.25) is 4.98 Å². The summed E-state index contributed by atoms with van der Waals surface area (Å²) in [5.74, 6) is -0.415. The maximum atomic E-state index is 12.3. The van der Waals surface area contributed by atoms with Crippen molar-refractivity contribution in [2.45, 2.75) is 13.8 Å². The molecule has 5 heteroatoms. The fourth-order valence-corrected chi connectivity index (χ4v) is 2.62. The predicted molar refractivity (Wildman–Crippen MR) is 97.2 cm³/mol. The summed E-state index contributed by atoms with van der Waals surface area (Å²) in [6.45, 7) is 4.10. The van der Waals surface area contributed by atoms with Crippen molar-refractivity contribution in [3.63, 3.8) is 0 Å². The van der Waals surface area contributed by atoms with Crippen LogP contribution in [0.2, 0.25) is 5.02 Å². The minimum absolute atomic E-state index is 0.302. The molecule has 1 heterocycles. The molecule has 24 heavy (non-hydrogen) atoms. The molecule has 0 spiro atoms. The molecule has 0 saturated heterocycles. The summed E-state index contributed by atoms with van der Waals surface area (Å²) in [5.41, 5.74) is 3.81. The quantitative estimate of drug-likeness (QED) is 0.670. The molecule has 0 amide bonds. The molecular formula is C19H17ClN2O2. The number of nitrogens with one attached hydrogen (secondary N) is 1. The van der Waals surface area contributed by atoms with E-state index in [0.717, 1.165) is 22.2 Å². The van der Waals surface area contributed by atoms with Gasteiger partial charge in [0.1, 0.15) is 5.56 Å². The van der Waals surface area contributed by atoms with Crippen LogP contribution in [0, 0.1) is 6.92 Å². The zero-order chi connectivity index (χ0) is 17.1. The Bertz CT molecular complexity index is 892. The van der Waals surface area contributed by atoms with Gasteiger partial charge in [-0.05, 0) is 44.2 Å². The number of nitrogens with zero attached hydrogens (tertiary/aromatic N) is 1. The van der Waals surface area contributed by atoms with Crippen molar-refractivity contribution in [3.8, 4) is 0 Å². The Kier molecular flexibility index (Phi) is 4.67. The SMILES string of the molecule is CCOC(=O)c1cnc2ccc(Cl)cc2c1Nc1ccc(C)cc1. The number of carbonyl (C=O) groups is 1. The molecule has 3 aromatic rings. The van der Waals surface area contributed by atoms with Gasteiger partial charge in [-0.2, -0.15) is 0 Å². The molecule has 122 valence electrons. The highest BCUT2D eigenvalue weighted by molar-refractivity contribution is 6.31. The lowest BCUT2D eigenvalue weighted by molar-refractivity contribution is 0.0527. The van der Waals surface area contributed by atoms with Crippen LogP contribution in [0.3, 0.4) is 0 Å². The topological polar surface area (TPSA) is 51.2 Å². The molecule has 1 N–H and O–H groups in total. The first-order valence-corrected chi connectivity index (χ1v) is 8.05. The lowest BCUT2D eigenvalue weighted by Gasteiger charge is -2.14. The van der Waals surface area contributed by atoms with E-state index >= 15 is 0 Å². The Morgan fingerprint density at radius 2 is 1.96 bits per heavy atom. The second-order valence-corrected chi connectivity index (χ2v) is 5.86. The van der Waals surface area contributed by atoms with Crippen molar-refractivity contribution in [2.75, 3.05) is 11.9 Å². The zero-order valence-electron chi connectivity index (χ0n) is 13.5. The van der Waals surface area contributed by atoms with E-state index in [0.29, 0.717) is 22.9 Å². The normalized spacial score (nSPS) is 10.6. The Morgan fingerprint density at radius 1 is 1.21 bits per heavy atom. The van der Waals surface area contributed by atoms with E-state index in [1.807, 2.05) is 37.3 Å². The van der Waals surface area contributed by atoms with Crippen LogP contribution < -0.4 is 5.32 Å². The van der Waals surface area contributed by atoms with E-state index in [9.17, 15) is 4.79 Å². The molecule has 0 bridgehead atoms.